The minimum Gasteiger partial charge on any atom is -0.465 e. The van der Waals surface area contributed by atoms with E-state index in [4.69, 9.17) is 9.47 Å². The molecular weight excluding hydrogens is 246 g/mol. The van der Waals surface area contributed by atoms with Crippen LogP contribution in [0.4, 0.5) is 0 Å². The van der Waals surface area contributed by atoms with Crippen molar-refractivity contribution in [3.05, 3.63) is 0 Å². The summed E-state index contributed by atoms with van der Waals surface area (Å²) in [6.45, 7) is 8.97. The molecule has 1 fully saturated rings. The Morgan fingerprint density at radius 3 is 2.37 bits per heavy atom. The number of esters is 1. The number of carbonyl (C=O) groups excluding carboxylic acids is 2. The highest BCUT2D eigenvalue weighted by atomic mass is 16.5. The molecule has 0 aromatic heterocycles. The molecule has 0 saturated carbocycles. The fraction of sp³-hybridized carbons (Fsp3) is 0.857. The summed E-state index contributed by atoms with van der Waals surface area (Å²) in [5, 5.41) is 2.95. The molecule has 1 aliphatic heterocycles. The third kappa shape index (κ3) is 4.82. The van der Waals surface area contributed by atoms with Crippen LogP contribution in [0.5, 0.6) is 0 Å². The maximum atomic E-state index is 12.3. The van der Waals surface area contributed by atoms with E-state index < -0.39 is 17.3 Å². The smallest absolute Gasteiger partial charge is 0.319 e. The van der Waals surface area contributed by atoms with E-state index in [9.17, 15) is 9.59 Å². The number of carbonyl (C=O) groups is 2. The van der Waals surface area contributed by atoms with E-state index in [1.807, 2.05) is 20.8 Å². The van der Waals surface area contributed by atoms with Crippen molar-refractivity contribution in [3.63, 3.8) is 0 Å². The van der Waals surface area contributed by atoms with Crippen molar-refractivity contribution in [1.29, 1.82) is 0 Å². The predicted octanol–water partition coefficient (Wildman–Crippen LogP) is 1.51. The fourth-order valence-corrected chi connectivity index (χ4v) is 2.21. The van der Waals surface area contributed by atoms with Gasteiger partial charge in [-0.15, -0.1) is 0 Å². The second-order valence-electron chi connectivity index (χ2n) is 5.95. The molecule has 110 valence electrons. The Morgan fingerprint density at radius 2 is 1.89 bits per heavy atom. The van der Waals surface area contributed by atoms with Gasteiger partial charge in [-0.05, 0) is 25.2 Å². The maximum absolute atomic E-state index is 12.3. The van der Waals surface area contributed by atoms with E-state index >= 15 is 0 Å². The zero-order valence-electron chi connectivity index (χ0n) is 12.3. The molecule has 1 amide bonds. The average Bonchev–Trinajstić information content (AvgIpc) is 2.28. The average molecular weight is 271 g/mol. The molecule has 0 spiro atoms. The molecule has 1 saturated heterocycles. The number of hydrogen-bond acceptors (Lipinski definition) is 4. The zero-order chi connectivity index (χ0) is 14.5. The molecule has 0 aromatic rings. The molecule has 0 bridgehead atoms. The van der Waals surface area contributed by atoms with Gasteiger partial charge in [-0.1, -0.05) is 20.8 Å². The summed E-state index contributed by atoms with van der Waals surface area (Å²) in [7, 11) is 0. The summed E-state index contributed by atoms with van der Waals surface area (Å²) in [4.78, 5) is 24.3. The molecule has 1 atom stereocenters. The monoisotopic (exact) mass is 271 g/mol. The van der Waals surface area contributed by atoms with E-state index in [0.717, 1.165) is 12.8 Å². The molecule has 1 N–H and O–H groups in total. The molecular formula is C14H25NO4. The first kappa shape index (κ1) is 16.0. The van der Waals surface area contributed by atoms with Crippen LogP contribution in [0.2, 0.25) is 0 Å². The second kappa shape index (κ2) is 6.89. The predicted molar refractivity (Wildman–Crippen MR) is 71.6 cm³/mol. The van der Waals surface area contributed by atoms with Crippen molar-refractivity contribution in [2.75, 3.05) is 19.8 Å². The lowest BCUT2D eigenvalue weighted by Crippen LogP contribution is -2.48. The van der Waals surface area contributed by atoms with Gasteiger partial charge in [-0.25, -0.2) is 0 Å². The van der Waals surface area contributed by atoms with Crippen LogP contribution >= 0.6 is 0 Å². The maximum Gasteiger partial charge on any atom is 0.319 e. The lowest BCUT2D eigenvalue weighted by molar-refractivity contribution is -0.157. The summed E-state index contributed by atoms with van der Waals surface area (Å²) in [6, 6.07) is 0.0977. The molecule has 1 unspecified atom stereocenters. The molecule has 0 radical (unpaired) electrons. The normalized spacial score (nSPS) is 18.7. The van der Waals surface area contributed by atoms with E-state index in [1.165, 1.54) is 0 Å². The Kier molecular flexibility index (Phi) is 5.79. The van der Waals surface area contributed by atoms with Gasteiger partial charge in [0.2, 0.25) is 5.91 Å². The van der Waals surface area contributed by atoms with Crippen LogP contribution in [0.15, 0.2) is 0 Å². The summed E-state index contributed by atoms with van der Waals surface area (Å²) >= 11 is 0. The van der Waals surface area contributed by atoms with E-state index in [0.29, 0.717) is 13.2 Å². The molecule has 5 nitrogen and oxygen atoms in total. The largest absolute Gasteiger partial charge is 0.465 e. The molecule has 5 heteroatoms. The molecule has 0 aromatic carbocycles. The van der Waals surface area contributed by atoms with Crippen LogP contribution < -0.4 is 5.32 Å². The number of hydrogen-bond donors (Lipinski definition) is 1. The van der Waals surface area contributed by atoms with Crippen LogP contribution in [-0.4, -0.2) is 37.7 Å². The second-order valence-corrected chi connectivity index (χ2v) is 5.95. The summed E-state index contributed by atoms with van der Waals surface area (Å²) in [5.74, 6) is -1.45. The van der Waals surface area contributed by atoms with Crippen LogP contribution in [0.1, 0.15) is 40.5 Å². The van der Waals surface area contributed by atoms with Crippen LogP contribution in [0.3, 0.4) is 0 Å². The van der Waals surface area contributed by atoms with Crippen molar-refractivity contribution >= 4 is 11.9 Å². The highest BCUT2D eigenvalue weighted by molar-refractivity contribution is 5.98. The lowest BCUT2D eigenvalue weighted by Gasteiger charge is -2.30. The van der Waals surface area contributed by atoms with Crippen LogP contribution in [0, 0.1) is 11.3 Å². The van der Waals surface area contributed by atoms with Gasteiger partial charge in [0, 0.05) is 19.3 Å². The Hall–Kier alpha value is -1.10. The molecule has 1 heterocycles. The van der Waals surface area contributed by atoms with Crippen molar-refractivity contribution in [2.24, 2.45) is 11.3 Å². The van der Waals surface area contributed by atoms with Crippen LogP contribution in [0.25, 0.3) is 0 Å². The minimum absolute atomic E-state index is 0.0977. The third-order valence-corrected chi connectivity index (χ3v) is 3.22. The zero-order valence-corrected chi connectivity index (χ0v) is 12.3. The summed E-state index contributed by atoms with van der Waals surface area (Å²) in [5.41, 5.74) is -0.457. The van der Waals surface area contributed by atoms with Crippen molar-refractivity contribution in [3.8, 4) is 0 Å². The molecule has 0 aliphatic carbocycles. The Bertz CT molecular complexity index is 316. The number of nitrogens with one attached hydrogen (secondary N) is 1. The van der Waals surface area contributed by atoms with Gasteiger partial charge < -0.3 is 14.8 Å². The Labute approximate surface area is 115 Å². The van der Waals surface area contributed by atoms with E-state index in [1.54, 1.807) is 6.92 Å². The highest BCUT2D eigenvalue weighted by Gasteiger charge is 2.39. The first-order chi connectivity index (χ1) is 8.86. The van der Waals surface area contributed by atoms with Gasteiger partial charge in [0.15, 0.2) is 0 Å². The quantitative estimate of drug-likeness (QED) is 0.622. The highest BCUT2D eigenvalue weighted by Crippen LogP contribution is 2.27. The number of rotatable bonds is 4. The molecule has 1 aliphatic rings. The number of amides is 1. The Balaban J connectivity index is 2.68. The van der Waals surface area contributed by atoms with Gasteiger partial charge in [0.05, 0.1) is 6.61 Å². The van der Waals surface area contributed by atoms with E-state index in [2.05, 4.69) is 5.32 Å². The van der Waals surface area contributed by atoms with Crippen molar-refractivity contribution in [2.45, 2.75) is 46.6 Å². The molecule has 1 rings (SSSR count). The third-order valence-electron chi connectivity index (χ3n) is 3.22. The van der Waals surface area contributed by atoms with Crippen molar-refractivity contribution in [1.82, 2.24) is 5.32 Å². The van der Waals surface area contributed by atoms with Gasteiger partial charge in [-0.3, -0.25) is 9.59 Å². The first-order valence-corrected chi connectivity index (χ1v) is 6.91. The van der Waals surface area contributed by atoms with Crippen molar-refractivity contribution < 1.29 is 19.1 Å². The topological polar surface area (TPSA) is 64.6 Å². The van der Waals surface area contributed by atoms with E-state index in [-0.39, 0.29) is 18.6 Å². The fourth-order valence-electron chi connectivity index (χ4n) is 2.21. The first-order valence-electron chi connectivity index (χ1n) is 6.91. The standard InChI is InChI=1S/C14H25NO4/c1-5-19-13(17)11(14(2,3)4)12(16)15-10-6-8-18-9-7-10/h10-11H,5-9H2,1-4H3,(H,15,16). The minimum atomic E-state index is -0.768. The van der Waals surface area contributed by atoms with Gasteiger partial charge >= 0.3 is 5.97 Å². The van der Waals surface area contributed by atoms with Gasteiger partial charge in [0.25, 0.3) is 0 Å². The van der Waals surface area contributed by atoms with Gasteiger partial charge in [0.1, 0.15) is 5.92 Å². The Morgan fingerprint density at radius 1 is 1.32 bits per heavy atom. The summed E-state index contributed by atoms with van der Waals surface area (Å²) in [6.07, 6.45) is 1.59. The SMILES string of the molecule is CCOC(=O)C(C(=O)NC1CCOCC1)C(C)(C)C. The lowest BCUT2D eigenvalue weighted by atomic mass is 9.80. The number of ether oxygens (including phenoxy) is 2. The van der Waals surface area contributed by atoms with Crippen LogP contribution in [-0.2, 0) is 19.1 Å². The van der Waals surface area contributed by atoms with Gasteiger partial charge in [-0.2, -0.15) is 0 Å². The molecule has 19 heavy (non-hydrogen) atoms. The summed E-state index contributed by atoms with van der Waals surface area (Å²) < 4.78 is 10.3.